The molecule has 0 spiro atoms. The van der Waals surface area contributed by atoms with Crippen LogP contribution in [0.25, 0.3) is 0 Å². The van der Waals surface area contributed by atoms with E-state index >= 15 is 0 Å². The van der Waals surface area contributed by atoms with Gasteiger partial charge >= 0.3 is 0 Å². The number of anilines is 1. The lowest BCUT2D eigenvalue weighted by molar-refractivity contribution is -0.349. The van der Waals surface area contributed by atoms with Crippen molar-refractivity contribution in [1.29, 1.82) is 0 Å². The molecule has 84 valence electrons. The summed E-state index contributed by atoms with van der Waals surface area (Å²) in [4.78, 5) is 12.6. The highest BCUT2D eigenvalue weighted by Gasteiger charge is 2.24. The van der Waals surface area contributed by atoms with Crippen molar-refractivity contribution in [2.45, 2.75) is 19.8 Å². The third-order valence-electron chi connectivity index (χ3n) is 2.84. The number of carbonyl (C=O) groups excluding carboxylic acids is 1. The maximum Gasteiger partial charge on any atom is 0.240 e. The minimum Gasteiger partial charge on any atom is -0.619 e. The van der Waals surface area contributed by atoms with Gasteiger partial charge in [0.1, 0.15) is 12.4 Å². The van der Waals surface area contributed by atoms with Crippen LogP contribution in [0.4, 0.5) is 11.4 Å². The number of aryl methyl sites for hydroxylation is 2. The minimum absolute atomic E-state index is 0.474. The van der Waals surface area contributed by atoms with Crippen molar-refractivity contribution in [3.8, 4) is 0 Å². The van der Waals surface area contributed by atoms with Gasteiger partial charge in [0.05, 0.1) is 0 Å². The zero-order chi connectivity index (χ0) is 11.7. The van der Waals surface area contributed by atoms with Crippen LogP contribution in [0.3, 0.4) is 0 Å². The van der Waals surface area contributed by atoms with Crippen LogP contribution in [-0.2, 0) is 11.2 Å². The molecule has 0 aliphatic carbocycles. The summed E-state index contributed by atoms with van der Waals surface area (Å²) in [6.45, 7) is 5.97. The molecule has 0 atom stereocenters. The molecule has 1 heterocycles. The summed E-state index contributed by atoms with van der Waals surface area (Å²) in [5, 5.41) is 11.4. The van der Waals surface area contributed by atoms with Crippen molar-refractivity contribution in [1.82, 2.24) is 0 Å². The number of hydrogen-bond acceptors (Lipinski definition) is 2. The van der Waals surface area contributed by atoms with E-state index in [1.807, 2.05) is 13.0 Å². The normalized spacial score (nSPS) is 14.4. The highest BCUT2D eigenvalue weighted by molar-refractivity contribution is 5.84. The summed E-state index contributed by atoms with van der Waals surface area (Å²) in [5.74, 6) is 0. The van der Waals surface area contributed by atoms with Crippen LogP contribution >= 0.6 is 0 Å². The second-order valence-electron chi connectivity index (χ2n) is 4.07. The van der Waals surface area contributed by atoms with Gasteiger partial charge in [-0.05, 0) is 30.9 Å². The van der Waals surface area contributed by atoms with Crippen LogP contribution in [0, 0.1) is 12.1 Å². The van der Waals surface area contributed by atoms with Crippen molar-refractivity contribution in [2.24, 2.45) is 0 Å². The monoisotopic (exact) mass is 218 g/mol. The number of rotatable bonds is 2. The lowest BCUT2D eigenvalue weighted by atomic mass is 9.98. The Labute approximate surface area is 94.4 Å². The first-order chi connectivity index (χ1) is 7.63. The number of carbonyl (C=O) groups is 1. The van der Waals surface area contributed by atoms with Crippen LogP contribution in [0.5, 0.6) is 0 Å². The average molecular weight is 218 g/mol. The highest BCUT2D eigenvalue weighted by Crippen LogP contribution is 2.36. The third kappa shape index (κ3) is 1.66. The highest BCUT2D eigenvalue weighted by atomic mass is 16.5. The molecule has 2 rings (SSSR count). The van der Waals surface area contributed by atoms with Crippen LogP contribution in [0.15, 0.2) is 12.1 Å². The summed E-state index contributed by atoms with van der Waals surface area (Å²) >= 11 is 0. The predicted octanol–water partition coefficient (Wildman–Crippen LogP) is 1.75. The van der Waals surface area contributed by atoms with E-state index in [0.717, 1.165) is 36.1 Å². The molecule has 4 nitrogen and oxygen atoms in total. The molecular weight excluding hydrogens is 204 g/mol. The summed E-state index contributed by atoms with van der Waals surface area (Å²) in [7, 11) is 0. The largest absolute Gasteiger partial charge is 0.619 e. The fraction of sp³-hybridized carbons (Fsp3) is 0.333. The lowest BCUT2D eigenvalue weighted by Gasteiger charge is -2.27. The molecule has 0 bridgehead atoms. The van der Waals surface area contributed by atoms with Crippen LogP contribution < -0.4 is 4.90 Å². The Hall–Kier alpha value is -1.84. The molecule has 1 aromatic carbocycles. The molecular formula is C12H14N2O2. The van der Waals surface area contributed by atoms with E-state index in [0.29, 0.717) is 17.0 Å². The number of amides is 1. The van der Waals surface area contributed by atoms with Crippen LogP contribution in [0.2, 0.25) is 0 Å². The van der Waals surface area contributed by atoms with Gasteiger partial charge in [0.25, 0.3) is 0 Å². The van der Waals surface area contributed by atoms with Gasteiger partial charge in [0.2, 0.25) is 12.1 Å². The summed E-state index contributed by atoms with van der Waals surface area (Å²) in [6, 6.07) is 3.79. The maximum atomic E-state index is 11.4. The van der Waals surface area contributed by atoms with Crippen molar-refractivity contribution < 1.29 is 9.53 Å². The number of hydrogen-bond donors (Lipinski definition) is 0. The molecule has 1 aliphatic rings. The second-order valence-corrected chi connectivity index (χ2v) is 4.07. The maximum absolute atomic E-state index is 11.4. The smallest absolute Gasteiger partial charge is 0.240 e. The van der Waals surface area contributed by atoms with E-state index in [1.165, 1.54) is 0 Å². The quantitative estimate of drug-likeness (QED) is 0.249. The Bertz CT molecular complexity index is 455. The molecule has 0 radical (unpaired) electrons. The Morgan fingerprint density at radius 3 is 2.94 bits per heavy atom. The molecule has 0 saturated heterocycles. The van der Waals surface area contributed by atoms with Gasteiger partial charge in [0, 0.05) is 12.6 Å². The van der Waals surface area contributed by atoms with Gasteiger partial charge in [-0.1, -0.05) is 6.07 Å². The molecule has 16 heavy (non-hydrogen) atoms. The van der Waals surface area contributed by atoms with Gasteiger partial charge in [-0.15, -0.1) is 0 Å². The second kappa shape index (κ2) is 3.96. The number of fused-ring (bicyclic) bond motifs is 1. The third-order valence-corrected chi connectivity index (χ3v) is 2.84. The van der Waals surface area contributed by atoms with Gasteiger partial charge in [-0.3, -0.25) is 4.79 Å². The molecule has 0 aromatic heterocycles. The molecule has 1 amide bonds. The standard InChI is InChI=1S/C12H14N2O2/c1-9-6-10-4-3-5-14(8-15)12(10)11(7-9)13(2)16/h6-8H,2-5H2,1H3. The van der Waals surface area contributed by atoms with Crippen LogP contribution in [-0.4, -0.2) is 24.4 Å². The zero-order valence-corrected chi connectivity index (χ0v) is 9.27. The molecule has 0 saturated carbocycles. The predicted molar refractivity (Wildman–Crippen MR) is 63.3 cm³/mol. The Kier molecular flexibility index (Phi) is 2.64. The van der Waals surface area contributed by atoms with Gasteiger partial charge in [-0.25, -0.2) is 0 Å². The topological polar surface area (TPSA) is 46.4 Å². The summed E-state index contributed by atoms with van der Waals surface area (Å²) < 4.78 is 0.577. The molecule has 0 fully saturated rings. The zero-order valence-electron chi connectivity index (χ0n) is 9.27. The molecule has 1 aromatic rings. The summed E-state index contributed by atoms with van der Waals surface area (Å²) in [6.07, 6.45) is 2.62. The average Bonchev–Trinajstić information content (AvgIpc) is 2.26. The molecule has 1 aliphatic heterocycles. The SMILES string of the molecule is C=[N+]([O-])c1cc(C)cc2c1N(C=O)CCC2. The van der Waals surface area contributed by atoms with Gasteiger partial charge in [-0.2, -0.15) is 4.74 Å². The van der Waals surface area contributed by atoms with E-state index < -0.39 is 0 Å². The fourth-order valence-electron chi connectivity index (χ4n) is 2.20. The van der Waals surface area contributed by atoms with Gasteiger partial charge < -0.3 is 10.1 Å². The first-order valence-electron chi connectivity index (χ1n) is 5.26. The van der Waals surface area contributed by atoms with Crippen molar-refractivity contribution in [2.75, 3.05) is 11.4 Å². The molecule has 4 heteroatoms. The number of benzene rings is 1. The van der Waals surface area contributed by atoms with Crippen molar-refractivity contribution in [3.05, 3.63) is 28.5 Å². The van der Waals surface area contributed by atoms with E-state index in [-0.39, 0.29) is 0 Å². The Balaban J connectivity index is 2.65. The summed E-state index contributed by atoms with van der Waals surface area (Å²) in [5.41, 5.74) is 3.27. The minimum atomic E-state index is 0.474. The van der Waals surface area contributed by atoms with E-state index in [4.69, 9.17) is 0 Å². The van der Waals surface area contributed by atoms with Gasteiger partial charge in [0.15, 0.2) is 0 Å². The molecule has 0 unspecified atom stereocenters. The van der Waals surface area contributed by atoms with Crippen molar-refractivity contribution >= 4 is 24.5 Å². The van der Waals surface area contributed by atoms with E-state index in [9.17, 15) is 10.0 Å². The van der Waals surface area contributed by atoms with Crippen molar-refractivity contribution in [3.63, 3.8) is 0 Å². The first kappa shape index (κ1) is 10.7. The van der Waals surface area contributed by atoms with Crippen LogP contribution in [0.1, 0.15) is 17.5 Å². The molecule has 0 N–H and O–H groups in total. The lowest BCUT2D eigenvalue weighted by Crippen LogP contribution is -2.28. The first-order valence-corrected chi connectivity index (χ1v) is 5.26. The fourth-order valence-corrected chi connectivity index (χ4v) is 2.20. The Morgan fingerprint density at radius 2 is 2.31 bits per heavy atom. The number of nitrogens with zero attached hydrogens (tertiary/aromatic N) is 2. The van der Waals surface area contributed by atoms with E-state index in [1.54, 1.807) is 11.0 Å². The van der Waals surface area contributed by atoms with E-state index in [2.05, 4.69) is 6.72 Å². The Morgan fingerprint density at radius 1 is 1.56 bits per heavy atom.